The van der Waals surface area contributed by atoms with E-state index in [1.54, 1.807) is 0 Å². The summed E-state index contributed by atoms with van der Waals surface area (Å²) in [5.74, 6) is -0.0365. The smallest absolute Gasteiger partial charge is 0.240 e. The molecule has 0 radical (unpaired) electrons. The SMILES string of the molecule is CCNC(=O)C1(N)CCc2c(Br)cccc2C1. The molecule has 0 aliphatic heterocycles. The fourth-order valence-corrected chi connectivity index (χ4v) is 2.96. The minimum Gasteiger partial charge on any atom is -0.355 e. The molecule has 2 rings (SSSR count). The van der Waals surface area contributed by atoms with Gasteiger partial charge >= 0.3 is 0 Å². The number of rotatable bonds is 2. The molecule has 4 heteroatoms. The molecule has 0 aromatic heterocycles. The van der Waals surface area contributed by atoms with E-state index in [9.17, 15) is 4.79 Å². The molecule has 0 fully saturated rings. The van der Waals surface area contributed by atoms with Gasteiger partial charge in [-0.05, 0) is 43.4 Å². The maximum atomic E-state index is 12.0. The fourth-order valence-electron chi connectivity index (χ4n) is 2.36. The molecule has 17 heavy (non-hydrogen) atoms. The Bertz CT molecular complexity index is 447. The van der Waals surface area contributed by atoms with Crippen LogP contribution in [0.15, 0.2) is 22.7 Å². The second-order valence-corrected chi connectivity index (χ2v) is 5.42. The Labute approximate surface area is 110 Å². The van der Waals surface area contributed by atoms with Gasteiger partial charge in [-0.1, -0.05) is 28.1 Å². The molecule has 3 N–H and O–H groups in total. The van der Waals surface area contributed by atoms with Crippen LogP contribution in [0.3, 0.4) is 0 Å². The lowest BCUT2D eigenvalue weighted by Crippen LogP contribution is -2.57. The molecule has 1 amide bonds. The molecule has 0 heterocycles. The third-order valence-electron chi connectivity index (χ3n) is 3.33. The van der Waals surface area contributed by atoms with E-state index < -0.39 is 5.54 Å². The summed E-state index contributed by atoms with van der Waals surface area (Å²) in [6.07, 6.45) is 2.17. The number of halogens is 1. The van der Waals surface area contributed by atoms with Crippen molar-refractivity contribution in [1.82, 2.24) is 5.32 Å². The molecular formula is C13H17BrN2O. The predicted octanol–water partition coefficient (Wildman–Crippen LogP) is 1.77. The van der Waals surface area contributed by atoms with Gasteiger partial charge in [-0.3, -0.25) is 4.79 Å². The van der Waals surface area contributed by atoms with Gasteiger partial charge in [0.25, 0.3) is 0 Å². The molecule has 0 bridgehead atoms. The molecule has 0 saturated heterocycles. The van der Waals surface area contributed by atoms with Gasteiger partial charge < -0.3 is 11.1 Å². The third-order valence-corrected chi connectivity index (χ3v) is 4.08. The zero-order valence-corrected chi connectivity index (χ0v) is 11.5. The molecule has 1 aromatic rings. The lowest BCUT2D eigenvalue weighted by atomic mass is 9.78. The van der Waals surface area contributed by atoms with Crippen LogP contribution in [-0.4, -0.2) is 18.0 Å². The number of fused-ring (bicyclic) bond motifs is 1. The highest BCUT2D eigenvalue weighted by molar-refractivity contribution is 9.10. The van der Waals surface area contributed by atoms with E-state index >= 15 is 0 Å². The summed E-state index contributed by atoms with van der Waals surface area (Å²) >= 11 is 3.55. The van der Waals surface area contributed by atoms with Crippen LogP contribution >= 0.6 is 15.9 Å². The summed E-state index contributed by atoms with van der Waals surface area (Å²) in [6.45, 7) is 2.54. The van der Waals surface area contributed by atoms with Crippen LogP contribution in [0.5, 0.6) is 0 Å². The number of benzene rings is 1. The Kier molecular flexibility index (Phi) is 3.54. The third kappa shape index (κ3) is 2.38. The van der Waals surface area contributed by atoms with Crippen LogP contribution in [0.1, 0.15) is 24.5 Å². The Morgan fingerprint density at radius 1 is 1.59 bits per heavy atom. The number of carbonyl (C=O) groups excluding carboxylic acids is 1. The van der Waals surface area contributed by atoms with Gasteiger partial charge in [0.1, 0.15) is 0 Å². The van der Waals surface area contributed by atoms with E-state index in [1.807, 2.05) is 19.1 Å². The Morgan fingerprint density at radius 3 is 3.06 bits per heavy atom. The number of nitrogens with two attached hydrogens (primary N) is 1. The topological polar surface area (TPSA) is 55.1 Å². The van der Waals surface area contributed by atoms with Crippen molar-refractivity contribution in [3.05, 3.63) is 33.8 Å². The first-order chi connectivity index (χ1) is 8.07. The van der Waals surface area contributed by atoms with Crippen LogP contribution in [0.25, 0.3) is 0 Å². The lowest BCUT2D eigenvalue weighted by Gasteiger charge is -2.33. The minimum absolute atomic E-state index is 0.0365. The van der Waals surface area contributed by atoms with Crippen molar-refractivity contribution in [3.8, 4) is 0 Å². The maximum Gasteiger partial charge on any atom is 0.240 e. The van der Waals surface area contributed by atoms with Crippen molar-refractivity contribution in [2.75, 3.05) is 6.54 Å². The van der Waals surface area contributed by atoms with Gasteiger partial charge in [-0.2, -0.15) is 0 Å². The molecular weight excluding hydrogens is 280 g/mol. The Morgan fingerprint density at radius 2 is 2.35 bits per heavy atom. The van der Waals surface area contributed by atoms with E-state index in [0.29, 0.717) is 19.4 Å². The number of nitrogens with one attached hydrogen (secondary N) is 1. The van der Waals surface area contributed by atoms with Crippen molar-refractivity contribution >= 4 is 21.8 Å². The summed E-state index contributed by atoms with van der Waals surface area (Å²) in [6, 6.07) is 6.08. The number of hydrogen-bond acceptors (Lipinski definition) is 2. The van der Waals surface area contributed by atoms with Crippen LogP contribution in [-0.2, 0) is 17.6 Å². The number of likely N-dealkylation sites (N-methyl/N-ethyl adjacent to an activating group) is 1. The fraction of sp³-hybridized carbons (Fsp3) is 0.462. The Balaban J connectivity index is 2.26. The van der Waals surface area contributed by atoms with E-state index in [1.165, 1.54) is 11.1 Å². The molecule has 1 atom stereocenters. The summed E-state index contributed by atoms with van der Waals surface area (Å²) in [5, 5.41) is 2.83. The highest BCUT2D eigenvalue weighted by Gasteiger charge is 2.37. The van der Waals surface area contributed by atoms with E-state index in [2.05, 4.69) is 27.3 Å². The zero-order chi connectivity index (χ0) is 12.5. The average Bonchev–Trinajstić information content (AvgIpc) is 2.29. The summed E-state index contributed by atoms with van der Waals surface area (Å²) in [4.78, 5) is 12.0. The number of carbonyl (C=O) groups is 1. The number of amides is 1. The quantitative estimate of drug-likeness (QED) is 0.874. The van der Waals surface area contributed by atoms with Crippen LogP contribution in [0.4, 0.5) is 0 Å². The molecule has 1 aliphatic carbocycles. The van der Waals surface area contributed by atoms with Gasteiger partial charge in [0.15, 0.2) is 0 Å². The standard InChI is InChI=1S/C13H17BrN2O/c1-2-16-12(17)13(15)7-6-10-9(8-13)4-3-5-11(10)14/h3-5H,2,6-8,15H2,1H3,(H,16,17). The predicted molar refractivity (Wildman–Crippen MR) is 71.8 cm³/mol. The van der Waals surface area contributed by atoms with Gasteiger partial charge in [-0.15, -0.1) is 0 Å². The van der Waals surface area contributed by atoms with Crippen LogP contribution < -0.4 is 11.1 Å². The highest BCUT2D eigenvalue weighted by atomic mass is 79.9. The van der Waals surface area contributed by atoms with Crippen LogP contribution in [0, 0.1) is 0 Å². The first kappa shape index (κ1) is 12.6. The van der Waals surface area contributed by atoms with Gasteiger partial charge in [0, 0.05) is 11.0 Å². The summed E-state index contributed by atoms with van der Waals surface area (Å²) in [5.41, 5.74) is 7.95. The summed E-state index contributed by atoms with van der Waals surface area (Å²) in [7, 11) is 0. The molecule has 92 valence electrons. The number of hydrogen-bond donors (Lipinski definition) is 2. The van der Waals surface area contributed by atoms with E-state index in [-0.39, 0.29) is 5.91 Å². The zero-order valence-electron chi connectivity index (χ0n) is 9.92. The minimum atomic E-state index is -0.746. The molecule has 1 unspecified atom stereocenters. The monoisotopic (exact) mass is 296 g/mol. The van der Waals surface area contributed by atoms with Gasteiger partial charge in [-0.25, -0.2) is 0 Å². The molecule has 0 spiro atoms. The highest BCUT2D eigenvalue weighted by Crippen LogP contribution is 2.31. The average molecular weight is 297 g/mol. The lowest BCUT2D eigenvalue weighted by molar-refractivity contribution is -0.126. The second kappa shape index (κ2) is 4.78. The van der Waals surface area contributed by atoms with Crippen molar-refractivity contribution in [2.24, 2.45) is 5.73 Å². The normalized spacial score (nSPS) is 23.0. The molecule has 0 saturated carbocycles. The van der Waals surface area contributed by atoms with Gasteiger partial charge in [0.05, 0.1) is 5.54 Å². The largest absolute Gasteiger partial charge is 0.355 e. The first-order valence-corrected chi connectivity index (χ1v) is 6.69. The van der Waals surface area contributed by atoms with Crippen molar-refractivity contribution < 1.29 is 4.79 Å². The molecule has 3 nitrogen and oxygen atoms in total. The maximum absolute atomic E-state index is 12.0. The Hall–Kier alpha value is -0.870. The molecule has 1 aromatic carbocycles. The van der Waals surface area contributed by atoms with Crippen molar-refractivity contribution in [3.63, 3.8) is 0 Å². The van der Waals surface area contributed by atoms with Gasteiger partial charge in [0.2, 0.25) is 5.91 Å². The van der Waals surface area contributed by atoms with Crippen LogP contribution in [0.2, 0.25) is 0 Å². The summed E-state index contributed by atoms with van der Waals surface area (Å²) < 4.78 is 1.12. The molecule has 1 aliphatic rings. The first-order valence-electron chi connectivity index (χ1n) is 5.90. The second-order valence-electron chi connectivity index (χ2n) is 4.57. The van der Waals surface area contributed by atoms with Crippen molar-refractivity contribution in [2.45, 2.75) is 31.7 Å². The van der Waals surface area contributed by atoms with Crippen molar-refractivity contribution in [1.29, 1.82) is 0 Å². The van der Waals surface area contributed by atoms with E-state index in [4.69, 9.17) is 5.73 Å². The van der Waals surface area contributed by atoms with E-state index in [0.717, 1.165) is 10.9 Å².